The third-order valence-electron chi connectivity index (χ3n) is 5.67. The van der Waals surface area contributed by atoms with Gasteiger partial charge in [0.25, 0.3) is 0 Å². The van der Waals surface area contributed by atoms with E-state index >= 15 is 0 Å². The molecule has 1 saturated heterocycles. The Bertz CT molecular complexity index is 594. The van der Waals surface area contributed by atoms with E-state index in [1.165, 1.54) is 19.3 Å². The second-order valence-electron chi connectivity index (χ2n) is 7.41. The Morgan fingerprint density at radius 1 is 1.04 bits per heavy atom. The molecule has 0 radical (unpaired) electrons. The van der Waals surface area contributed by atoms with Crippen LogP contribution in [0.2, 0.25) is 0 Å². The molecule has 3 nitrogen and oxygen atoms in total. The minimum absolute atomic E-state index is 0.642. The lowest BCUT2D eigenvalue weighted by Crippen LogP contribution is -2.44. The normalized spacial score (nSPS) is 24.0. The summed E-state index contributed by atoms with van der Waals surface area (Å²) in [6.45, 7) is 5.69. The molecule has 1 fully saturated rings. The van der Waals surface area contributed by atoms with Crippen LogP contribution in [0.1, 0.15) is 57.2 Å². The molecule has 2 heterocycles. The second-order valence-corrected chi connectivity index (χ2v) is 7.41. The maximum atomic E-state index is 11.5. The molecule has 3 heteroatoms. The van der Waals surface area contributed by atoms with Gasteiger partial charge < -0.3 is 5.11 Å². The molecule has 2 aromatic rings. The fourth-order valence-corrected chi connectivity index (χ4v) is 4.17. The number of hydrogen-bond donors (Lipinski definition) is 1. The molecule has 0 bridgehead atoms. The Labute approximate surface area is 151 Å². The van der Waals surface area contributed by atoms with Crippen LogP contribution in [0.5, 0.6) is 0 Å². The van der Waals surface area contributed by atoms with Gasteiger partial charge in [0.1, 0.15) is 5.60 Å². The van der Waals surface area contributed by atoms with E-state index in [2.05, 4.69) is 23.7 Å². The van der Waals surface area contributed by atoms with Gasteiger partial charge in [-0.3, -0.25) is 9.88 Å². The highest BCUT2D eigenvalue weighted by atomic mass is 16.3. The summed E-state index contributed by atoms with van der Waals surface area (Å²) in [4.78, 5) is 7.06. The molecule has 0 saturated carbocycles. The van der Waals surface area contributed by atoms with Crippen molar-refractivity contribution in [3.63, 3.8) is 0 Å². The van der Waals surface area contributed by atoms with Gasteiger partial charge >= 0.3 is 0 Å². The molecule has 1 unspecified atom stereocenters. The van der Waals surface area contributed by atoms with Crippen LogP contribution in [0.15, 0.2) is 54.7 Å². The number of rotatable bonds is 6. The van der Waals surface area contributed by atoms with Gasteiger partial charge in [0.05, 0.1) is 5.69 Å². The van der Waals surface area contributed by atoms with Crippen LogP contribution < -0.4 is 0 Å². The predicted octanol–water partition coefficient (Wildman–Crippen LogP) is 4.36. The maximum absolute atomic E-state index is 11.5. The number of aliphatic hydroxyl groups is 1. The zero-order valence-corrected chi connectivity index (χ0v) is 15.4. The Kier molecular flexibility index (Phi) is 5.87. The Hall–Kier alpha value is -1.71. The van der Waals surface area contributed by atoms with Crippen LogP contribution in [-0.4, -0.2) is 33.6 Å². The predicted molar refractivity (Wildman–Crippen MR) is 102 cm³/mol. The van der Waals surface area contributed by atoms with Crippen LogP contribution in [0.4, 0.5) is 0 Å². The maximum Gasteiger partial charge on any atom is 0.131 e. The zero-order chi connectivity index (χ0) is 17.7. The largest absolute Gasteiger partial charge is 0.379 e. The van der Waals surface area contributed by atoms with Crippen molar-refractivity contribution in [3.05, 3.63) is 66.0 Å². The van der Waals surface area contributed by atoms with Crippen LogP contribution >= 0.6 is 0 Å². The number of piperidine rings is 1. The summed E-state index contributed by atoms with van der Waals surface area (Å²) in [6, 6.07) is 17.0. The highest BCUT2D eigenvalue weighted by Gasteiger charge is 2.33. The van der Waals surface area contributed by atoms with Gasteiger partial charge in [-0.05, 0) is 63.8 Å². The molecule has 3 atom stereocenters. The summed E-state index contributed by atoms with van der Waals surface area (Å²) in [5.41, 5.74) is 0.638. The van der Waals surface area contributed by atoms with Crippen LogP contribution in [0.25, 0.3) is 0 Å². The second kappa shape index (κ2) is 8.11. The molecule has 134 valence electrons. The molecular formula is C22H30N2O. The lowest BCUT2D eigenvalue weighted by atomic mass is 9.85. The van der Waals surface area contributed by atoms with Crippen LogP contribution in [-0.2, 0) is 5.60 Å². The number of nitrogens with zero attached hydrogens (tertiary/aromatic N) is 2. The van der Waals surface area contributed by atoms with E-state index in [4.69, 9.17) is 0 Å². The Morgan fingerprint density at radius 3 is 2.36 bits per heavy atom. The average Bonchev–Trinajstić information content (AvgIpc) is 2.65. The summed E-state index contributed by atoms with van der Waals surface area (Å²) in [5.74, 6) is 0. The standard InChI is InChI=1S/C22H30N2O/c1-18-10-8-11-19(2)24(18)17-9-15-22(25,20-12-4-3-5-13-20)21-14-6-7-16-23-21/h3-7,12-14,16,18-19,25H,8-11,15,17H2,1-2H3/t18-,19-,22?/m1/s1. The molecule has 0 spiro atoms. The first-order valence-electron chi connectivity index (χ1n) is 9.56. The highest BCUT2D eigenvalue weighted by Crippen LogP contribution is 2.33. The minimum Gasteiger partial charge on any atom is -0.379 e. The van der Waals surface area contributed by atoms with Crippen molar-refractivity contribution in [2.75, 3.05) is 6.54 Å². The number of pyridine rings is 1. The van der Waals surface area contributed by atoms with Crippen molar-refractivity contribution in [1.82, 2.24) is 9.88 Å². The molecular weight excluding hydrogens is 308 g/mol. The number of likely N-dealkylation sites (tertiary alicyclic amines) is 1. The third-order valence-corrected chi connectivity index (χ3v) is 5.67. The quantitative estimate of drug-likeness (QED) is 0.850. The third kappa shape index (κ3) is 4.10. The topological polar surface area (TPSA) is 36.4 Å². The van der Waals surface area contributed by atoms with E-state index in [0.29, 0.717) is 18.5 Å². The first-order valence-corrected chi connectivity index (χ1v) is 9.56. The van der Waals surface area contributed by atoms with Gasteiger partial charge in [0.2, 0.25) is 0 Å². The molecule has 1 aromatic heterocycles. The molecule has 0 amide bonds. The number of aromatic nitrogens is 1. The Morgan fingerprint density at radius 2 is 1.72 bits per heavy atom. The summed E-state index contributed by atoms with van der Waals surface area (Å²) < 4.78 is 0. The lowest BCUT2D eigenvalue weighted by molar-refractivity contribution is 0.0489. The van der Waals surface area contributed by atoms with Crippen LogP contribution in [0.3, 0.4) is 0 Å². The van der Waals surface area contributed by atoms with Gasteiger partial charge in [-0.2, -0.15) is 0 Å². The van der Waals surface area contributed by atoms with E-state index in [-0.39, 0.29) is 0 Å². The number of benzene rings is 1. The molecule has 1 aromatic carbocycles. The smallest absolute Gasteiger partial charge is 0.131 e. The van der Waals surface area contributed by atoms with E-state index in [1.54, 1.807) is 6.20 Å². The van der Waals surface area contributed by atoms with Gasteiger partial charge in [0, 0.05) is 18.3 Å². The van der Waals surface area contributed by atoms with E-state index < -0.39 is 5.60 Å². The fourth-order valence-electron chi connectivity index (χ4n) is 4.17. The first-order chi connectivity index (χ1) is 12.1. The fraction of sp³-hybridized carbons (Fsp3) is 0.500. The zero-order valence-electron chi connectivity index (χ0n) is 15.4. The first kappa shape index (κ1) is 18.1. The van der Waals surface area contributed by atoms with Crippen molar-refractivity contribution < 1.29 is 5.11 Å². The summed E-state index contributed by atoms with van der Waals surface area (Å²) in [7, 11) is 0. The van der Waals surface area contributed by atoms with Crippen molar-refractivity contribution >= 4 is 0 Å². The molecule has 1 aliphatic heterocycles. The van der Waals surface area contributed by atoms with Crippen molar-refractivity contribution in [2.45, 2.75) is 63.6 Å². The van der Waals surface area contributed by atoms with E-state index in [9.17, 15) is 5.11 Å². The SMILES string of the molecule is C[C@@H]1CCC[C@@H](C)N1CCCC(O)(c1ccccc1)c1ccccn1. The molecule has 25 heavy (non-hydrogen) atoms. The Balaban J connectivity index is 1.75. The van der Waals surface area contributed by atoms with Crippen molar-refractivity contribution in [3.8, 4) is 0 Å². The molecule has 1 aliphatic rings. The van der Waals surface area contributed by atoms with E-state index in [1.807, 2.05) is 48.5 Å². The summed E-state index contributed by atoms with van der Waals surface area (Å²) >= 11 is 0. The summed E-state index contributed by atoms with van der Waals surface area (Å²) in [5, 5.41) is 11.5. The summed E-state index contributed by atoms with van der Waals surface area (Å²) in [6.07, 6.45) is 7.31. The van der Waals surface area contributed by atoms with Gasteiger partial charge in [-0.1, -0.05) is 42.8 Å². The lowest BCUT2D eigenvalue weighted by Gasteiger charge is -2.39. The van der Waals surface area contributed by atoms with Gasteiger partial charge in [-0.15, -0.1) is 0 Å². The molecule has 3 rings (SSSR count). The van der Waals surface area contributed by atoms with E-state index in [0.717, 1.165) is 24.2 Å². The molecule has 0 aliphatic carbocycles. The monoisotopic (exact) mass is 338 g/mol. The molecule has 1 N–H and O–H groups in total. The highest BCUT2D eigenvalue weighted by molar-refractivity contribution is 5.31. The van der Waals surface area contributed by atoms with Crippen molar-refractivity contribution in [2.24, 2.45) is 0 Å². The van der Waals surface area contributed by atoms with Gasteiger partial charge in [0.15, 0.2) is 0 Å². The van der Waals surface area contributed by atoms with Crippen LogP contribution in [0, 0.1) is 0 Å². The van der Waals surface area contributed by atoms with Crippen molar-refractivity contribution in [1.29, 1.82) is 0 Å². The van der Waals surface area contributed by atoms with Gasteiger partial charge in [-0.25, -0.2) is 0 Å². The average molecular weight is 338 g/mol. The minimum atomic E-state index is -1.02. The number of hydrogen-bond acceptors (Lipinski definition) is 3.